The Morgan fingerprint density at radius 3 is 2.65 bits per heavy atom. The van der Waals surface area contributed by atoms with Gasteiger partial charge in [-0.1, -0.05) is 0 Å². The fourth-order valence-electron chi connectivity index (χ4n) is 4.00. The molecule has 2 aromatic rings. The zero-order valence-corrected chi connectivity index (χ0v) is 14.5. The number of Topliss-reactive ketones (excluding diaryl/α,β-unsaturated/α-hetero) is 1. The van der Waals surface area contributed by atoms with Crippen molar-refractivity contribution in [1.29, 1.82) is 0 Å². The monoisotopic (exact) mass is 315 g/mol. The molecule has 0 saturated carbocycles. The van der Waals surface area contributed by atoms with Crippen LogP contribution in [0.3, 0.4) is 0 Å². The van der Waals surface area contributed by atoms with E-state index in [2.05, 4.69) is 18.8 Å². The number of nitrogens with one attached hydrogen (secondary N) is 2. The van der Waals surface area contributed by atoms with Gasteiger partial charge in [0.2, 0.25) is 5.78 Å². The van der Waals surface area contributed by atoms with Crippen LogP contribution in [0, 0.1) is 6.92 Å². The Labute approximate surface area is 137 Å². The average molecular weight is 315 g/mol. The van der Waals surface area contributed by atoms with E-state index in [4.69, 9.17) is 4.74 Å². The molecule has 1 aromatic carbocycles. The molecule has 0 bridgehead atoms. The number of piperidine rings is 1. The van der Waals surface area contributed by atoms with Crippen LogP contribution in [0.15, 0.2) is 18.2 Å². The molecule has 3 rings (SSSR count). The van der Waals surface area contributed by atoms with Gasteiger partial charge in [0, 0.05) is 16.6 Å². The van der Waals surface area contributed by atoms with E-state index in [1.54, 1.807) is 7.11 Å². The lowest BCUT2D eigenvalue weighted by atomic mass is 9.96. The van der Waals surface area contributed by atoms with Crippen LogP contribution in [-0.4, -0.2) is 36.5 Å². The lowest BCUT2D eigenvalue weighted by molar-refractivity contribution is -0.943. The maximum absolute atomic E-state index is 13.0. The highest BCUT2D eigenvalue weighted by atomic mass is 16.5. The van der Waals surface area contributed by atoms with E-state index < -0.39 is 0 Å². The molecule has 1 fully saturated rings. The molecule has 1 saturated heterocycles. The Bertz CT molecular complexity index is 709. The SMILES string of the molecule is COc1ccc2[nH]c(C)c(C(=O)C[NH+]3[C@H](C)CCC[C@@H]3C)c2c1. The number of carbonyl (C=O) groups excluding carboxylic acids is 1. The van der Waals surface area contributed by atoms with Gasteiger partial charge < -0.3 is 14.6 Å². The minimum absolute atomic E-state index is 0.234. The van der Waals surface area contributed by atoms with Gasteiger partial charge in [0.25, 0.3) is 0 Å². The van der Waals surface area contributed by atoms with Crippen LogP contribution in [0.5, 0.6) is 5.75 Å². The third-order valence-electron chi connectivity index (χ3n) is 5.38. The Hall–Kier alpha value is -1.81. The van der Waals surface area contributed by atoms with Crippen molar-refractivity contribution in [2.24, 2.45) is 0 Å². The molecule has 4 nitrogen and oxygen atoms in total. The van der Waals surface area contributed by atoms with E-state index in [0.717, 1.165) is 27.9 Å². The molecule has 0 spiro atoms. The molecular formula is C19H27N2O2+. The maximum atomic E-state index is 13.0. The Morgan fingerprint density at radius 1 is 1.30 bits per heavy atom. The van der Waals surface area contributed by atoms with Gasteiger partial charge in [-0.15, -0.1) is 0 Å². The van der Waals surface area contributed by atoms with Gasteiger partial charge in [-0.05, 0) is 58.2 Å². The summed E-state index contributed by atoms with van der Waals surface area (Å²) in [6.45, 7) is 7.10. The number of aryl methyl sites for hydroxylation is 1. The number of aromatic amines is 1. The highest BCUT2D eigenvalue weighted by molar-refractivity contribution is 6.10. The predicted molar refractivity (Wildman–Crippen MR) is 92.5 cm³/mol. The van der Waals surface area contributed by atoms with Crippen molar-refractivity contribution in [2.75, 3.05) is 13.7 Å². The molecule has 4 heteroatoms. The summed E-state index contributed by atoms with van der Waals surface area (Å²) < 4.78 is 5.32. The summed E-state index contributed by atoms with van der Waals surface area (Å²) in [4.78, 5) is 17.8. The molecule has 1 aromatic heterocycles. The molecule has 23 heavy (non-hydrogen) atoms. The van der Waals surface area contributed by atoms with Crippen molar-refractivity contribution < 1.29 is 14.4 Å². The fourth-order valence-corrected chi connectivity index (χ4v) is 4.00. The molecule has 0 radical (unpaired) electrons. The van der Waals surface area contributed by atoms with E-state index in [1.165, 1.54) is 24.2 Å². The number of benzene rings is 1. The smallest absolute Gasteiger partial charge is 0.219 e. The summed E-state index contributed by atoms with van der Waals surface area (Å²) in [6.07, 6.45) is 3.71. The minimum Gasteiger partial charge on any atom is -0.497 e. The number of aromatic nitrogens is 1. The minimum atomic E-state index is 0.234. The zero-order valence-electron chi connectivity index (χ0n) is 14.5. The van der Waals surface area contributed by atoms with Gasteiger partial charge in [-0.25, -0.2) is 0 Å². The number of hydrogen-bond acceptors (Lipinski definition) is 2. The fraction of sp³-hybridized carbons (Fsp3) is 0.526. The van der Waals surface area contributed by atoms with Crippen LogP contribution >= 0.6 is 0 Å². The maximum Gasteiger partial charge on any atom is 0.219 e. The summed E-state index contributed by atoms with van der Waals surface area (Å²) in [5, 5.41) is 0.976. The molecule has 1 unspecified atom stereocenters. The van der Waals surface area contributed by atoms with Crippen LogP contribution in [0.4, 0.5) is 0 Å². The van der Waals surface area contributed by atoms with Gasteiger partial charge in [0.1, 0.15) is 12.3 Å². The second kappa shape index (κ2) is 6.36. The van der Waals surface area contributed by atoms with E-state index >= 15 is 0 Å². The molecule has 2 N–H and O–H groups in total. The number of likely N-dealkylation sites (tertiary alicyclic amines) is 1. The van der Waals surface area contributed by atoms with Crippen LogP contribution in [-0.2, 0) is 0 Å². The Balaban J connectivity index is 1.92. The van der Waals surface area contributed by atoms with Crippen molar-refractivity contribution in [3.05, 3.63) is 29.5 Å². The van der Waals surface area contributed by atoms with Gasteiger partial charge >= 0.3 is 0 Å². The van der Waals surface area contributed by atoms with Crippen molar-refractivity contribution in [3.8, 4) is 5.75 Å². The topological polar surface area (TPSA) is 46.5 Å². The quantitative estimate of drug-likeness (QED) is 0.852. The van der Waals surface area contributed by atoms with Crippen LogP contribution < -0.4 is 9.64 Å². The van der Waals surface area contributed by atoms with Crippen molar-refractivity contribution in [3.63, 3.8) is 0 Å². The number of fused-ring (bicyclic) bond motifs is 1. The summed E-state index contributed by atoms with van der Waals surface area (Å²) in [6, 6.07) is 6.99. The highest BCUT2D eigenvalue weighted by Crippen LogP contribution is 2.26. The Morgan fingerprint density at radius 2 is 2.00 bits per heavy atom. The lowest BCUT2D eigenvalue weighted by Crippen LogP contribution is -3.20. The lowest BCUT2D eigenvalue weighted by Gasteiger charge is -2.35. The number of rotatable bonds is 4. The summed E-state index contributed by atoms with van der Waals surface area (Å²) in [7, 11) is 1.66. The number of ether oxygens (including phenoxy) is 1. The molecule has 1 aliphatic rings. The first-order chi connectivity index (χ1) is 11.0. The van der Waals surface area contributed by atoms with Gasteiger partial charge in [-0.2, -0.15) is 0 Å². The third-order valence-corrected chi connectivity index (χ3v) is 5.38. The number of H-pyrrole nitrogens is 1. The molecule has 1 aliphatic heterocycles. The molecule has 0 amide bonds. The van der Waals surface area contributed by atoms with E-state index in [-0.39, 0.29) is 5.78 Å². The van der Waals surface area contributed by atoms with Crippen LogP contribution in [0.25, 0.3) is 10.9 Å². The zero-order chi connectivity index (χ0) is 16.6. The largest absolute Gasteiger partial charge is 0.497 e. The standard InChI is InChI=1S/C19H26N2O2/c1-12-6-5-7-13(2)21(12)11-18(22)19-14(3)20-17-9-8-15(23-4)10-16(17)19/h8-10,12-13,20H,5-7,11H2,1-4H3/p+1/t12-,13+. The first kappa shape index (κ1) is 16.1. The molecular weight excluding hydrogens is 288 g/mol. The van der Waals surface area contributed by atoms with Gasteiger partial charge in [0.05, 0.1) is 24.8 Å². The van der Waals surface area contributed by atoms with Gasteiger partial charge in [-0.3, -0.25) is 4.79 Å². The Kier molecular flexibility index (Phi) is 4.44. The number of ketones is 1. The molecule has 124 valence electrons. The summed E-state index contributed by atoms with van der Waals surface area (Å²) in [5.74, 6) is 1.02. The number of methoxy groups -OCH3 is 1. The second-order valence-corrected chi connectivity index (χ2v) is 6.94. The first-order valence-corrected chi connectivity index (χ1v) is 8.56. The molecule has 3 atom stereocenters. The normalized spacial score (nSPS) is 24.8. The summed E-state index contributed by atoms with van der Waals surface area (Å²) in [5.41, 5.74) is 2.78. The number of carbonyl (C=O) groups is 1. The van der Waals surface area contributed by atoms with Gasteiger partial charge in [0.15, 0.2) is 0 Å². The average Bonchev–Trinajstić information content (AvgIpc) is 2.85. The van der Waals surface area contributed by atoms with Crippen LogP contribution in [0.1, 0.15) is 49.2 Å². The number of quaternary nitrogens is 1. The van der Waals surface area contributed by atoms with E-state index in [0.29, 0.717) is 18.6 Å². The van der Waals surface area contributed by atoms with Crippen LogP contribution in [0.2, 0.25) is 0 Å². The second-order valence-electron chi connectivity index (χ2n) is 6.94. The van der Waals surface area contributed by atoms with E-state index in [1.807, 2.05) is 25.1 Å². The van der Waals surface area contributed by atoms with Crippen molar-refractivity contribution in [2.45, 2.75) is 52.1 Å². The number of hydrogen-bond donors (Lipinski definition) is 2. The third kappa shape index (κ3) is 3.00. The molecule has 2 heterocycles. The molecule has 0 aliphatic carbocycles. The summed E-state index contributed by atoms with van der Waals surface area (Å²) >= 11 is 0. The first-order valence-electron chi connectivity index (χ1n) is 8.56. The highest BCUT2D eigenvalue weighted by Gasteiger charge is 2.31. The predicted octanol–water partition coefficient (Wildman–Crippen LogP) is 2.51. The van der Waals surface area contributed by atoms with Crippen molar-refractivity contribution in [1.82, 2.24) is 4.98 Å². The van der Waals surface area contributed by atoms with E-state index in [9.17, 15) is 4.79 Å². The van der Waals surface area contributed by atoms with Crippen molar-refractivity contribution >= 4 is 16.7 Å².